The van der Waals surface area contributed by atoms with Crippen molar-refractivity contribution in [2.75, 3.05) is 7.11 Å². The Balaban J connectivity index is 1.92. The number of benzene rings is 1. The van der Waals surface area contributed by atoms with E-state index >= 15 is 0 Å². The highest BCUT2D eigenvalue weighted by Crippen LogP contribution is 2.35. The summed E-state index contributed by atoms with van der Waals surface area (Å²) in [7, 11) is -2.89. The monoisotopic (exact) mass is 415 g/mol. The van der Waals surface area contributed by atoms with Crippen LogP contribution in [0, 0.1) is 10.1 Å². The van der Waals surface area contributed by atoms with Gasteiger partial charge in [0.2, 0.25) is 15.9 Å². The maximum absolute atomic E-state index is 13.0. The molecule has 0 aliphatic heterocycles. The number of methoxy groups -OCH3 is 1. The fourth-order valence-corrected chi connectivity index (χ4v) is 4.26. The van der Waals surface area contributed by atoms with Crippen LogP contribution in [0.4, 0.5) is 5.69 Å². The molecule has 0 saturated heterocycles. The molecule has 0 N–H and O–H groups in total. The number of hydrogen-bond donors (Lipinski definition) is 0. The Morgan fingerprint density at radius 2 is 2.19 bits per heavy atom. The van der Waals surface area contributed by atoms with Gasteiger partial charge in [-0.2, -0.15) is 4.31 Å². The average Bonchev–Trinajstić information content (AvgIpc) is 3.36. The third kappa shape index (κ3) is 3.94. The number of ether oxygens (including phenoxy) is 1. The highest BCUT2D eigenvalue weighted by atomic mass is 35.5. The number of aromatic nitrogens is 1. The Kier molecular flexibility index (Phi) is 5.18. The molecule has 27 heavy (non-hydrogen) atoms. The lowest BCUT2D eigenvalue weighted by Crippen LogP contribution is -2.32. The van der Waals surface area contributed by atoms with Crippen LogP contribution in [-0.4, -0.2) is 41.8 Å². The van der Waals surface area contributed by atoms with Gasteiger partial charge in [-0.15, -0.1) is 0 Å². The summed E-state index contributed by atoms with van der Waals surface area (Å²) in [6, 6.07) is 3.01. The van der Waals surface area contributed by atoms with E-state index in [4.69, 9.17) is 16.0 Å². The van der Waals surface area contributed by atoms with E-state index in [9.17, 15) is 23.3 Å². The molecule has 0 bridgehead atoms. The molecule has 1 fully saturated rings. The largest absolute Gasteiger partial charge is 0.464 e. The quantitative estimate of drug-likeness (QED) is 0.382. The number of esters is 1. The molecule has 1 aromatic heterocycles. The first kappa shape index (κ1) is 19.3. The Morgan fingerprint density at radius 1 is 1.48 bits per heavy atom. The van der Waals surface area contributed by atoms with E-state index < -0.39 is 26.6 Å². The van der Waals surface area contributed by atoms with E-state index in [-0.39, 0.29) is 34.1 Å². The van der Waals surface area contributed by atoms with Gasteiger partial charge < -0.3 is 9.15 Å². The van der Waals surface area contributed by atoms with Crippen molar-refractivity contribution in [2.24, 2.45) is 0 Å². The molecule has 1 saturated carbocycles. The molecular formula is C15H14ClN3O7S. The summed E-state index contributed by atoms with van der Waals surface area (Å²) in [6.45, 7) is -0.222. The standard InChI is InChI=1S/C15H14ClN3O7S/c1-25-15(20)12-8-26-14(17-12)7-18(9-2-3-9)27(23,24)10-4-5-11(16)13(6-10)19(21)22/h4-6,8-9H,2-3,7H2,1H3. The number of nitrogens with zero attached hydrogens (tertiary/aromatic N) is 3. The zero-order chi connectivity index (χ0) is 19.8. The SMILES string of the molecule is COC(=O)c1coc(CN(C2CC2)S(=O)(=O)c2ccc(Cl)c([N+](=O)[O-])c2)n1. The molecule has 2 aromatic rings. The van der Waals surface area contributed by atoms with Crippen LogP contribution in [-0.2, 0) is 21.3 Å². The van der Waals surface area contributed by atoms with Gasteiger partial charge in [-0.1, -0.05) is 11.6 Å². The molecule has 0 amide bonds. The van der Waals surface area contributed by atoms with Crippen molar-refractivity contribution in [3.8, 4) is 0 Å². The van der Waals surface area contributed by atoms with Crippen molar-refractivity contribution < 1.29 is 27.3 Å². The number of carbonyl (C=O) groups excluding carboxylic acids is 1. The zero-order valence-corrected chi connectivity index (χ0v) is 15.6. The molecule has 0 unspecified atom stereocenters. The molecule has 0 radical (unpaired) electrons. The summed E-state index contributed by atoms with van der Waals surface area (Å²) < 4.78 is 36.8. The number of rotatable bonds is 7. The van der Waals surface area contributed by atoms with Crippen LogP contribution in [0.5, 0.6) is 0 Å². The number of sulfonamides is 1. The van der Waals surface area contributed by atoms with E-state index in [1.54, 1.807) is 0 Å². The fourth-order valence-electron chi connectivity index (χ4n) is 2.42. The molecule has 3 rings (SSSR count). The lowest BCUT2D eigenvalue weighted by molar-refractivity contribution is -0.384. The van der Waals surface area contributed by atoms with E-state index in [0.29, 0.717) is 12.8 Å². The van der Waals surface area contributed by atoms with Crippen molar-refractivity contribution in [3.05, 3.63) is 51.2 Å². The van der Waals surface area contributed by atoms with Crippen LogP contribution in [0.25, 0.3) is 0 Å². The first-order valence-corrected chi connectivity index (χ1v) is 9.54. The van der Waals surface area contributed by atoms with Crippen LogP contribution in [0.15, 0.2) is 33.8 Å². The van der Waals surface area contributed by atoms with E-state index in [1.807, 2.05) is 0 Å². The van der Waals surface area contributed by atoms with Crippen LogP contribution >= 0.6 is 11.6 Å². The van der Waals surface area contributed by atoms with Crippen LogP contribution in [0.3, 0.4) is 0 Å². The molecule has 144 valence electrons. The van der Waals surface area contributed by atoms with E-state index in [2.05, 4.69) is 9.72 Å². The van der Waals surface area contributed by atoms with Gasteiger partial charge in [0.25, 0.3) is 5.69 Å². The summed E-state index contributed by atoms with van der Waals surface area (Å²) in [4.78, 5) is 25.4. The molecule has 12 heteroatoms. The topological polar surface area (TPSA) is 133 Å². The van der Waals surface area contributed by atoms with E-state index in [0.717, 1.165) is 22.7 Å². The van der Waals surface area contributed by atoms with Gasteiger partial charge in [-0.25, -0.2) is 18.2 Å². The minimum Gasteiger partial charge on any atom is -0.464 e. The number of carbonyl (C=O) groups is 1. The summed E-state index contributed by atoms with van der Waals surface area (Å²) in [5.41, 5.74) is -0.583. The third-order valence-corrected chi connectivity index (χ3v) is 6.13. The maximum Gasteiger partial charge on any atom is 0.360 e. The van der Waals surface area contributed by atoms with Gasteiger partial charge in [0.1, 0.15) is 11.3 Å². The molecule has 1 aliphatic carbocycles. The number of nitro benzene ring substituents is 1. The van der Waals surface area contributed by atoms with Crippen molar-refractivity contribution in [2.45, 2.75) is 30.3 Å². The number of hydrogen-bond acceptors (Lipinski definition) is 8. The second-order valence-electron chi connectivity index (χ2n) is 5.77. The molecular weight excluding hydrogens is 402 g/mol. The maximum atomic E-state index is 13.0. The summed E-state index contributed by atoms with van der Waals surface area (Å²) in [5.74, 6) is -0.700. The minimum atomic E-state index is -4.07. The summed E-state index contributed by atoms with van der Waals surface area (Å²) >= 11 is 5.75. The average molecular weight is 416 g/mol. The van der Waals surface area contributed by atoms with Crippen LogP contribution in [0.1, 0.15) is 29.2 Å². The van der Waals surface area contributed by atoms with E-state index in [1.165, 1.54) is 13.2 Å². The Bertz CT molecular complexity index is 1000. The normalized spacial score (nSPS) is 14.3. The van der Waals surface area contributed by atoms with Crippen molar-refractivity contribution >= 4 is 33.3 Å². The van der Waals surface area contributed by atoms with Gasteiger partial charge in [0.05, 0.1) is 23.5 Å². The number of oxazole rings is 1. The first-order valence-electron chi connectivity index (χ1n) is 7.72. The van der Waals surface area contributed by atoms with Gasteiger partial charge in [0, 0.05) is 12.1 Å². The van der Waals surface area contributed by atoms with Gasteiger partial charge in [-0.05, 0) is 25.0 Å². The first-order chi connectivity index (χ1) is 12.7. The van der Waals surface area contributed by atoms with Gasteiger partial charge >= 0.3 is 5.97 Å². The smallest absolute Gasteiger partial charge is 0.360 e. The number of halogens is 1. The molecule has 1 aliphatic rings. The van der Waals surface area contributed by atoms with Crippen molar-refractivity contribution in [1.29, 1.82) is 0 Å². The predicted octanol–water partition coefficient (Wildman–Crippen LogP) is 2.38. The van der Waals surface area contributed by atoms with Crippen molar-refractivity contribution in [1.82, 2.24) is 9.29 Å². The predicted molar refractivity (Wildman–Crippen MR) is 91.7 cm³/mol. The third-order valence-electron chi connectivity index (χ3n) is 3.91. The molecule has 1 aromatic carbocycles. The Hall–Kier alpha value is -2.50. The lowest BCUT2D eigenvalue weighted by atomic mass is 10.3. The van der Waals surface area contributed by atoms with Gasteiger partial charge in [0.15, 0.2) is 5.69 Å². The second kappa shape index (κ2) is 7.25. The minimum absolute atomic E-state index is 0.00865. The van der Waals surface area contributed by atoms with Crippen molar-refractivity contribution in [3.63, 3.8) is 0 Å². The summed E-state index contributed by atoms with van der Waals surface area (Å²) in [6.07, 6.45) is 2.35. The Morgan fingerprint density at radius 3 is 2.78 bits per heavy atom. The molecule has 10 nitrogen and oxygen atoms in total. The highest BCUT2D eigenvalue weighted by Gasteiger charge is 2.39. The highest BCUT2D eigenvalue weighted by molar-refractivity contribution is 7.89. The summed E-state index contributed by atoms with van der Waals surface area (Å²) in [5, 5.41) is 10.9. The molecule has 1 heterocycles. The number of nitro groups is 1. The molecule has 0 atom stereocenters. The van der Waals surface area contributed by atoms with Gasteiger partial charge in [-0.3, -0.25) is 10.1 Å². The lowest BCUT2D eigenvalue weighted by Gasteiger charge is -2.20. The fraction of sp³-hybridized carbons (Fsp3) is 0.333. The van der Waals surface area contributed by atoms with Crippen LogP contribution < -0.4 is 0 Å². The van der Waals surface area contributed by atoms with Crippen LogP contribution in [0.2, 0.25) is 5.02 Å². The Labute approximate surface area is 158 Å². The molecule has 0 spiro atoms. The zero-order valence-electron chi connectivity index (χ0n) is 14.0. The second-order valence-corrected chi connectivity index (χ2v) is 8.07.